The van der Waals surface area contributed by atoms with Crippen LogP contribution in [0, 0.1) is 11.8 Å². The molecule has 4 aliphatic heterocycles. The molecule has 1 spiro atoms. The Balaban J connectivity index is 1.81. The zero-order valence-electron chi connectivity index (χ0n) is 17.9. The van der Waals surface area contributed by atoms with E-state index in [1.165, 1.54) is 4.90 Å². The molecule has 0 aromatic rings. The summed E-state index contributed by atoms with van der Waals surface area (Å²) < 4.78 is 6.47. The number of carbonyl (C=O) groups excluding carboxylic acids is 3. The molecule has 0 aliphatic carbocycles. The van der Waals surface area contributed by atoms with Crippen LogP contribution in [0.3, 0.4) is 0 Å². The van der Waals surface area contributed by atoms with Gasteiger partial charge in [0.25, 0.3) is 0 Å². The number of aliphatic hydroxyl groups excluding tert-OH is 1. The number of nitrogens with zero attached hydrogens (tertiary/aromatic N) is 3. The van der Waals surface area contributed by atoms with Crippen LogP contribution in [0.25, 0.3) is 0 Å². The lowest BCUT2D eigenvalue weighted by molar-refractivity contribution is -0.149. The van der Waals surface area contributed by atoms with Crippen molar-refractivity contribution in [3.63, 3.8) is 0 Å². The molecule has 0 aromatic carbocycles. The van der Waals surface area contributed by atoms with Crippen molar-refractivity contribution in [1.82, 2.24) is 14.7 Å². The number of hydrogen-bond acceptors (Lipinski definition) is 5. The fourth-order valence-electron chi connectivity index (χ4n) is 5.49. The highest BCUT2D eigenvalue weighted by molar-refractivity contribution is 5.99. The fraction of sp³-hybridized carbons (Fsp3) is 0.682. The summed E-state index contributed by atoms with van der Waals surface area (Å²) in [6, 6.07) is -0.924. The van der Waals surface area contributed by atoms with Gasteiger partial charge in [-0.1, -0.05) is 31.2 Å². The van der Waals surface area contributed by atoms with Crippen LogP contribution in [0.4, 0.5) is 0 Å². The number of fused-ring (bicyclic) bond motifs is 2. The summed E-state index contributed by atoms with van der Waals surface area (Å²) in [5, 5.41) is 9.60. The molecule has 8 heteroatoms. The maximum absolute atomic E-state index is 13.6. The smallest absolute Gasteiger partial charge is 0.249 e. The van der Waals surface area contributed by atoms with Crippen molar-refractivity contribution >= 4 is 17.7 Å². The largest absolute Gasteiger partial charge is 0.395 e. The van der Waals surface area contributed by atoms with Gasteiger partial charge in [-0.15, -0.1) is 0 Å². The van der Waals surface area contributed by atoms with Gasteiger partial charge in [-0.25, -0.2) is 0 Å². The second-order valence-electron chi connectivity index (χ2n) is 8.80. The second-order valence-corrected chi connectivity index (χ2v) is 8.80. The first kappa shape index (κ1) is 21.1. The van der Waals surface area contributed by atoms with Crippen molar-refractivity contribution < 1.29 is 24.2 Å². The predicted molar refractivity (Wildman–Crippen MR) is 109 cm³/mol. The van der Waals surface area contributed by atoms with E-state index in [-0.39, 0.29) is 36.9 Å². The number of hydrogen-bond donors (Lipinski definition) is 1. The van der Waals surface area contributed by atoms with Crippen LogP contribution in [0.2, 0.25) is 0 Å². The minimum absolute atomic E-state index is 0.0384. The van der Waals surface area contributed by atoms with Gasteiger partial charge < -0.3 is 24.5 Å². The van der Waals surface area contributed by atoms with E-state index >= 15 is 0 Å². The summed E-state index contributed by atoms with van der Waals surface area (Å²) in [5.74, 6) is -2.03. The van der Waals surface area contributed by atoms with Gasteiger partial charge >= 0.3 is 0 Å². The minimum atomic E-state index is -1.20. The fourth-order valence-corrected chi connectivity index (χ4v) is 5.49. The summed E-state index contributed by atoms with van der Waals surface area (Å²) in [6.07, 6.45) is 7.78. The van der Waals surface area contributed by atoms with E-state index in [0.29, 0.717) is 19.6 Å². The molecule has 4 aliphatic rings. The highest BCUT2D eigenvalue weighted by Gasteiger charge is 2.71. The average Bonchev–Trinajstić information content (AvgIpc) is 3.00. The van der Waals surface area contributed by atoms with Crippen molar-refractivity contribution in [2.45, 2.75) is 51.0 Å². The van der Waals surface area contributed by atoms with Crippen LogP contribution in [0.15, 0.2) is 24.3 Å². The van der Waals surface area contributed by atoms with E-state index in [1.807, 2.05) is 45.1 Å². The van der Waals surface area contributed by atoms with E-state index in [9.17, 15) is 19.5 Å². The maximum Gasteiger partial charge on any atom is 0.249 e. The Bertz CT molecular complexity index is 794. The van der Waals surface area contributed by atoms with Crippen molar-refractivity contribution in [2.75, 3.05) is 32.8 Å². The topological polar surface area (TPSA) is 90.4 Å². The summed E-state index contributed by atoms with van der Waals surface area (Å²) in [4.78, 5) is 45.5. The monoisotopic (exact) mass is 417 g/mol. The molecule has 8 nitrogen and oxygen atoms in total. The lowest BCUT2D eigenvalue weighted by atomic mass is 9.77. The lowest BCUT2D eigenvalue weighted by Gasteiger charge is -2.36. The number of likely N-dealkylation sites (tertiary alicyclic amines) is 1. The summed E-state index contributed by atoms with van der Waals surface area (Å²) in [7, 11) is 0. The van der Waals surface area contributed by atoms with Crippen LogP contribution >= 0.6 is 0 Å². The van der Waals surface area contributed by atoms with Gasteiger partial charge in [-0.2, -0.15) is 0 Å². The van der Waals surface area contributed by atoms with Crippen LogP contribution < -0.4 is 0 Å². The average molecular weight is 418 g/mol. The Morgan fingerprint density at radius 3 is 2.57 bits per heavy atom. The van der Waals surface area contributed by atoms with Crippen LogP contribution in [0.1, 0.15) is 27.2 Å². The van der Waals surface area contributed by atoms with Gasteiger partial charge in [0, 0.05) is 32.2 Å². The molecule has 2 fully saturated rings. The zero-order valence-corrected chi connectivity index (χ0v) is 17.9. The number of β-amino-alcohol motifs (C(OH)–C–C–N with tert-alkyl or cyclic N) is 1. The molecule has 3 amide bonds. The Morgan fingerprint density at radius 2 is 1.90 bits per heavy atom. The molecule has 0 bridgehead atoms. The third-order valence-corrected chi connectivity index (χ3v) is 6.73. The molecule has 30 heavy (non-hydrogen) atoms. The Labute approximate surface area is 177 Å². The van der Waals surface area contributed by atoms with Gasteiger partial charge in [0.15, 0.2) is 0 Å². The molecule has 4 rings (SSSR count). The molecule has 4 heterocycles. The van der Waals surface area contributed by atoms with Gasteiger partial charge in [-0.05, 0) is 20.3 Å². The van der Waals surface area contributed by atoms with Gasteiger partial charge in [0.05, 0.1) is 24.5 Å². The first-order valence-corrected chi connectivity index (χ1v) is 10.9. The van der Waals surface area contributed by atoms with Gasteiger partial charge in [0.2, 0.25) is 17.7 Å². The number of carbonyl (C=O) groups is 3. The quantitative estimate of drug-likeness (QED) is 0.645. The molecule has 2 saturated heterocycles. The molecular formula is C22H31N3O5. The standard InChI is InChI=1S/C22H31N3O5/c1-4-9-23-10-5-7-15-16(19(23)27)17-20(28)25(12-13-26)18-21(29)24(14(2)3)11-6-8-22(17,18)30-15/h5-8,14-18,26H,4,9-13H2,1-3H3/t15-,16+,17+,18?,22+/m1/s1. The van der Waals surface area contributed by atoms with Crippen LogP contribution in [0.5, 0.6) is 0 Å². The number of amides is 3. The van der Waals surface area contributed by atoms with E-state index in [0.717, 1.165) is 6.42 Å². The Morgan fingerprint density at radius 1 is 1.13 bits per heavy atom. The second kappa shape index (κ2) is 7.81. The van der Waals surface area contributed by atoms with E-state index < -0.39 is 29.6 Å². The first-order chi connectivity index (χ1) is 14.4. The van der Waals surface area contributed by atoms with Crippen molar-refractivity contribution in [2.24, 2.45) is 11.8 Å². The SMILES string of the molecule is CCCN1CC=C[C@H]2O[C@]34C=CCN(C(C)C)C(=O)C3N(CCO)C(=O)[C@@H]4[C@H]2C1=O. The van der Waals surface area contributed by atoms with Crippen molar-refractivity contribution in [1.29, 1.82) is 0 Å². The van der Waals surface area contributed by atoms with Crippen LogP contribution in [-0.4, -0.2) is 94.1 Å². The highest BCUT2D eigenvalue weighted by atomic mass is 16.5. The lowest BCUT2D eigenvalue weighted by Crippen LogP contribution is -2.56. The minimum Gasteiger partial charge on any atom is -0.395 e. The zero-order chi connectivity index (χ0) is 21.6. The third-order valence-electron chi connectivity index (χ3n) is 6.73. The Hall–Kier alpha value is -2.19. The maximum atomic E-state index is 13.6. The van der Waals surface area contributed by atoms with Crippen molar-refractivity contribution in [3.8, 4) is 0 Å². The molecule has 5 atom stereocenters. The van der Waals surface area contributed by atoms with E-state index in [1.54, 1.807) is 9.80 Å². The third kappa shape index (κ3) is 2.92. The summed E-state index contributed by atoms with van der Waals surface area (Å²) in [6.45, 7) is 7.19. The predicted octanol–water partition coefficient (Wildman–Crippen LogP) is 0.175. The van der Waals surface area contributed by atoms with Gasteiger partial charge in [0.1, 0.15) is 11.6 Å². The summed E-state index contributed by atoms with van der Waals surface area (Å²) in [5.41, 5.74) is -1.20. The van der Waals surface area contributed by atoms with Crippen LogP contribution in [-0.2, 0) is 19.1 Å². The van der Waals surface area contributed by atoms with Gasteiger partial charge in [-0.3, -0.25) is 14.4 Å². The number of ether oxygens (including phenoxy) is 1. The molecule has 1 N–H and O–H groups in total. The molecule has 0 aromatic heterocycles. The summed E-state index contributed by atoms with van der Waals surface area (Å²) >= 11 is 0. The highest BCUT2D eigenvalue weighted by Crippen LogP contribution is 2.53. The normalized spacial score (nSPS) is 35.6. The molecular weight excluding hydrogens is 386 g/mol. The molecule has 0 saturated carbocycles. The van der Waals surface area contributed by atoms with E-state index in [4.69, 9.17) is 4.74 Å². The molecule has 164 valence electrons. The Kier molecular flexibility index (Phi) is 5.48. The van der Waals surface area contributed by atoms with Crippen molar-refractivity contribution in [3.05, 3.63) is 24.3 Å². The molecule has 0 radical (unpaired) electrons. The number of aliphatic hydroxyl groups is 1. The van der Waals surface area contributed by atoms with E-state index in [2.05, 4.69) is 0 Å². The molecule has 1 unspecified atom stereocenters. The first-order valence-electron chi connectivity index (χ1n) is 10.9. The number of rotatable bonds is 5.